The number of carbonyl (C=O) groups excluding carboxylic acids is 1. The van der Waals surface area contributed by atoms with E-state index in [-0.39, 0.29) is 0 Å². The number of nitrogens with zero attached hydrogens (tertiary/aromatic N) is 1. The van der Waals surface area contributed by atoms with Crippen molar-refractivity contribution in [2.24, 2.45) is 0 Å². The molecule has 2 aliphatic rings. The summed E-state index contributed by atoms with van der Waals surface area (Å²) in [6.07, 6.45) is 1.45. The molecule has 4 nitrogen and oxygen atoms in total. The third-order valence-electron chi connectivity index (χ3n) is 1.83. The van der Waals surface area contributed by atoms with Gasteiger partial charge in [0.05, 0.1) is 25.4 Å². The van der Waals surface area contributed by atoms with E-state index in [1.54, 1.807) is 4.90 Å². The maximum atomic E-state index is 10.4. The highest BCUT2D eigenvalue weighted by molar-refractivity contribution is 5.47. The third-order valence-corrected chi connectivity index (χ3v) is 1.83. The highest BCUT2D eigenvalue weighted by Crippen LogP contribution is 2.14. The molecule has 4 heteroatoms. The summed E-state index contributed by atoms with van der Waals surface area (Å²) < 4.78 is 10.0. The quantitative estimate of drug-likeness (QED) is 0.389. The van der Waals surface area contributed by atoms with E-state index in [2.05, 4.69) is 0 Å². The molecule has 2 saturated heterocycles. The Morgan fingerprint density at radius 1 is 1.27 bits per heavy atom. The van der Waals surface area contributed by atoms with Crippen molar-refractivity contribution in [1.29, 1.82) is 0 Å². The summed E-state index contributed by atoms with van der Waals surface area (Å²) >= 11 is 0. The standard InChI is InChI=1S/C7H11NO3/c9-5-8(1-6-3-10-6)2-7-4-11-7/h5-7H,1-4H2. The van der Waals surface area contributed by atoms with Crippen molar-refractivity contribution in [3.63, 3.8) is 0 Å². The van der Waals surface area contributed by atoms with Crippen LogP contribution in [0.4, 0.5) is 0 Å². The molecule has 0 saturated carbocycles. The Balaban J connectivity index is 1.69. The summed E-state index contributed by atoms with van der Waals surface area (Å²) in [6, 6.07) is 0. The molecule has 0 radical (unpaired) electrons. The fourth-order valence-electron chi connectivity index (χ4n) is 1.03. The average molecular weight is 157 g/mol. The van der Waals surface area contributed by atoms with Crippen LogP contribution in [0.15, 0.2) is 0 Å². The normalized spacial score (nSPS) is 33.1. The van der Waals surface area contributed by atoms with Crippen molar-refractivity contribution in [3.8, 4) is 0 Å². The summed E-state index contributed by atoms with van der Waals surface area (Å²) in [7, 11) is 0. The second-order valence-electron chi connectivity index (χ2n) is 2.97. The molecule has 0 aliphatic carbocycles. The Hall–Kier alpha value is -0.610. The van der Waals surface area contributed by atoms with Crippen LogP contribution in [-0.4, -0.2) is 49.8 Å². The van der Waals surface area contributed by atoms with Gasteiger partial charge in [-0.1, -0.05) is 0 Å². The van der Waals surface area contributed by atoms with Gasteiger partial charge in [-0.25, -0.2) is 0 Å². The van der Waals surface area contributed by atoms with Gasteiger partial charge in [-0.2, -0.15) is 0 Å². The predicted octanol–water partition coefficient (Wildman–Crippen LogP) is -0.758. The van der Waals surface area contributed by atoms with Crippen LogP contribution < -0.4 is 0 Å². The van der Waals surface area contributed by atoms with Gasteiger partial charge in [-0.05, 0) is 0 Å². The maximum Gasteiger partial charge on any atom is 0.209 e. The zero-order valence-electron chi connectivity index (χ0n) is 6.23. The highest BCUT2D eigenvalue weighted by Gasteiger charge is 2.29. The molecule has 11 heavy (non-hydrogen) atoms. The molecule has 62 valence electrons. The van der Waals surface area contributed by atoms with Crippen LogP contribution in [0.3, 0.4) is 0 Å². The minimum Gasteiger partial charge on any atom is -0.371 e. The van der Waals surface area contributed by atoms with E-state index >= 15 is 0 Å². The van der Waals surface area contributed by atoms with Crippen LogP contribution in [0.2, 0.25) is 0 Å². The van der Waals surface area contributed by atoms with Gasteiger partial charge < -0.3 is 14.4 Å². The van der Waals surface area contributed by atoms with Crippen molar-refractivity contribution < 1.29 is 14.3 Å². The van der Waals surface area contributed by atoms with Crippen molar-refractivity contribution in [3.05, 3.63) is 0 Å². The largest absolute Gasteiger partial charge is 0.371 e. The first-order valence-corrected chi connectivity index (χ1v) is 3.81. The second kappa shape index (κ2) is 2.79. The SMILES string of the molecule is O=CN(CC1CO1)CC1CO1. The first-order valence-electron chi connectivity index (χ1n) is 3.81. The predicted molar refractivity (Wildman–Crippen MR) is 37.1 cm³/mol. The van der Waals surface area contributed by atoms with E-state index in [9.17, 15) is 4.79 Å². The number of rotatable bonds is 5. The summed E-state index contributed by atoms with van der Waals surface area (Å²) in [5, 5.41) is 0. The minimum atomic E-state index is 0.291. The number of ether oxygens (including phenoxy) is 2. The molecular formula is C7H11NO3. The molecule has 0 aromatic rings. The lowest BCUT2D eigenvalue weighted by Gasteiger charge is -2.13. The van der Waals surface area contributed by atoms with Gasteiger partial charge in [0.2, 0.25) is 6.41 Å². The molecule has 0 bridgehead atoms. The van der Waals surface area contributed by atoms with E-state index in [0.29, 0.717) is 12.2 Å². The monoisotopic (exact) mass is 157 g/mol. The zero-order chi connectivity index (χ0) is 7.68. The first kappa shape index (κ1) is 7.06. The Bertz CT molecular complexity index is 140. The highest BCUT2D eigenvalue weighted by atomic mass is 16.6. The van der Waals surface area contributed by atoms with Crippen molar-refractivity contribution in [2.45, 2.75) is 12.2 Å². The van der Waals surface area contributed by atoms with Gasteiger partial charge in [-0.15, -0.1) is 0 Å². The summed E-state index contributed by atoms with van der Waals surface area (Å²) in [5.41, 5.74) is 0. The van der Waals surface area contributed by atoms with Gasteiger partial charge in [0.1, 0.15) is 0 Å². The summed E-state index contributed by atoms with van der Waals surface area (Å²) in [6.45, 7) is 3.05. The Kier molecular flexibility index (Phi) is 1.79. The lowest BCUT2D eigenvalue weighted by atomic mass is 10.4. The fourth-order valence-corrected chi connectivity index (χ4v) is 1.03. The summed E-state index contributed by atoms with van der Waals surface area (Å²) in [5.74, 6) is 0. The molecule has 2 rings (SSSR count). The first-order chi connectivity index (χ1) is 5.38. The fraction of sp³-hybridized carbons (Fsp3) is 0.857. The topological polar surface area (TPSA) is 45.4 Å². The number of carbonyl (C=O) groups is 1. The molecule has 2 atom stereocenters. The average Bonchev–Trinajstić information content (AvgIpc) is 2.78. The van der Waals surface area contributed by atoms with Gasteiger partial charge in [0.25, 0.3) is 0 Å². The van der Waals surface area contributed by atoms with Gasteiger partial charge >= 0.3 is 0 Å². The van der Waals surface area contributed by atoms with Crippen LogP contribution in [0.5, 0.6) is 0 Å². The molecule has 0 aromatic heterocycles. The molecule has 2 aliphatic heterocycles. The molecule has 2 unspecified atom stereocenters. The van der Waals surface area contributed by atoms with Gasteiger partial charge in [-0.3, -0.25) is 4.79 Å². The molecule has 1 amide bonds. The molecular weight excluding hydrogens is 146 g/mol. The smallest absolute Gasteiger partial charge is 0.209 e. The van der Waals surface area contributed by atoms with Gasteiger partial charge in [0, 0.05) is 13.1 Å². The molecule has 2 heterocycles. The van der Waals surface area contributed by atoms with Crippen LogP contribution in [0, 0.1) is 0 Å². The molecule has 0 aromatic carbocycles. The van der Waals surface area contributed by atoms with Crippen LogP contribution in [0.1, 0.15) is 0 Å². The van der Waals surface area contributed by atoms with Crippen LogP contribution in [0.25, 0.3) is 0 Å². The van der Waals surface area contributed by atoms with E-state index in [1.807, 2.05) is 0 Å². The molecule has 0 spiro atoms. The number of hydrogen-bond acceptors (Lipinski definition) is 3. The number of epoxide rings is 2. The Labute approximate surface area is 65.1 Å². The maximum absolute atomic E-state index is 10.4. The lowest BCUT2D eigenvalue weighted by molar-refractivity contribution is -0.118. The minimum absolute atomic E-state index is 0.291. The third kappa shape index (κ3) is 2.17. The van der Waals surface area contributed by atoms with Crippen LogP contribution >= 0.6 is 0 Å². The van der Waals surface area contributed by atoms with E-state index in [4.69, 9.17) is 9.47 Å². The van der Waals surface area contributed by atoms with Crippen molar-refractivity contribution in [2.75, 3.05) is 26.3 Å². The van der Waals surface area contributed by atoms with Crippen molar-refractivity contribution in [1.82, 2.24) is 4.90 Å². The van der Waals surface area contributed by atoms with E-state index < -0.39 is 0 Å². The summed E-state index contributed by atoms with van der Waals surface area (Å²) in [4.78, 5) is 12.2. The van der Waals surface area contributed by atoms with E-state index in [1.165, 1.54) is 0 Å². The van der Waals surface area contributed by atoms with E-state index in [0.717, 1.165) is 32.7 Å². The second-order valence-corrected chi connectivity index (χ2v) is 2.97. The lowest BCUT2D eigenvalue weighted by Crippen LogP contribution is -2.30. The van der Waals surface area contributed by atoms with Crippen molar-refractivity contribution >= 4 is 6.41 Å². The molecule has 0 N–H and O–H groups in total. The number of amides is 1. The van der Waals surface area contributed by atoms with Gasteiger partial charge in [0.15, 0.2) is 0 Å². The molecule has 2 fully saturated rings. The zero-order valence-corrected chi connectivity index (χ0v) is 6.23. The number of hydrogen-bond donors (Lipinski definition) is 0. The van der Waals surface area contributed by atoms with Crippen LogP contribution in [-0.2, 0) is 14.3 Å². The Morgan fingerprint density at radius 3 is 2.00 bits per heavy atom. The Morgan fingerprint density at radius 2 is 1.73 bits per heavy atom.